The van der Waals surface area contributed by atoms with Crippen LogP contribution >= 0.6 is 35.0 Å². The van der Waals surface area contributed by atoms with Crippen LogP contribution in [0.25, 0.3) is 0 Å². The highest BCUT2D eigenvalue weighted by Crippen LogP contribution is 2.24. The van der Waals surface area contributed by atoms with Crippen molar-refractivity contribution in [2.24, 2.45) is 0 Å². The van der Waals surface area contributed by atoms with Crippen molar-refractivity contribution < 1.29 is 9.59 Å². The number of carbonyl (C=O) groups is 2. The minimum atomic E-state index is -0.420. The maximum absolute atomic E-state index is 12.6. The molecule has 1 aromatic heterocycles. The largest absolute Gasteiger partial charge is 0.342 e. The van der Waals surface area contributed by atoms with Crippen molar-refractivity contribution in [3.05, 3.63) is 69.5 Å². The average molecular weight is 492 g/mol. The van der Waals surface area contributed by atoms with E-state index in [2.05, 4.69) is 20.8 Å². The molecule has 2 N–H and O–H groups in total. The molecule has 2 aromatic carbocycles. The zero-order chi connectivity index (χ0) is 23.3. The quantitative estimate of drug-likeness (QED) is 0.426. The van der Waals surface area contributed by atoms with Crippen molar-refractivity contribution >= 4 is 52.5 Å². The Morgan fingerprint density at radius 1 is 1.16 bits per heavy atom. The van der Waals surface area contributed by atoms with Gasteiger partial charge in [-0.3, -0.25) is 9.59 Å². The van der Waals surface area contributed by atoms with Crippen molar-refractivity contribution in [3.8, 4) is 0 Å². The number of aromatic nitrogens is 3. The molecule has 0 saturated heterocycles. The van der Waals surface area contributed by atoms with Gasteiger partial charge in [-0.05, 0) is 50.6 Å². The van der Waals surface area contributed by atoms with Gasteiger partial charge < -0.3 is 15.2 Å². The van der Waals surface area contributed by atoms with Crippen LogP contribution in [-0.2, 0) is 11.3 Å². The van der Waals surface area contributed by atoms with Crippen LogP contribution < -0.4 is 10.6 Å². The number of hydrogen-bond donors (Lipinski definition) is 2. The summed E-state index contributed by atoms with van der Waals surface area (Å²) in [6.45, 7) is 6.30. The molecular formula is C22H23Cl2N5O2S. The molecule has 0 saturated carbocycles. The highest BCUT2D eigenvalue weighted by Gasteiger charge is 2.21. The van der Waals surface area contributed by atoms with Crippen molar-refractivity contribution in [2.75, 3.05) is 11.1 Å². The molecule has 168 valence electrons. The Labute approximate surface area is 200 Å². The van der Waals surface area contributed by atoms with E-state index in [1.807, 2.05) is 49.6 Å². The van der Waals surface area contributed by atoms with Gasteiger partial charge in [0.25, 0.3) is 5.91 Å². The fourth-order valence-electron chi connectivity index (χ4n) is 3.07. The molecule has 0 radical (unpaired) electrons. The van der Waals surface area contributed by atoms with Crippen LogP contribution in [0, 0.1) is 6.92 Å². The first-order valence-corrected chi connectivity index (χ1v) is 11.7. The van der Waals surface area contributed by atoms with E-state index in [-0.39, 0.29) is 22.6 Å². The van der Waals surface area contributed by atoms with Crippen LogP contribution in [0.1, 0.15) is 41.6 Å². The fourth-order valence-corrected chi connectivity index (χ4v) is 4.37. The highest BCUT2D eigenvalue weighted by molar-refractivity contribution is 7.99. The van der Waals surface area contributed by atoms with Gasteiger partial charge in [-0.25, -0.2) is 0 Å². The van der Waals surface area contributed by atoms with Crippen LogP contribution in [0.15, 0.2) is 47.6 Å². The fraction of sp³-hybridized carbons (Fsp3) is 0.273. The van der Waals surface area contributed by atoms with E-state index in [1.165, 1.54) is 17.8 Å². The normalized spacial score (nSPS) is 11.8. The van der Waals surface area contributed by atoms with E-state index in [9.17, 15) is 9.59 Å². The first-order chi connectivity index (χ1) is 15.3. The van der Waals surface area contributed by atoms with Crippen LogP contribution in [0.5, 0.6) is 0 Å². The molecular weight excluding hydrogens is 469 g/mol. The summed E-state index contributed by atoms with van der Waals surface area (Å²) < 4.78 is 1.88. The van der Waals surface area contributed by atoms with Crippen LogP contribution in [0.4, 0.5) is 5.69 Å². The molecule has 1 unspecified atom stereocenters. The predicted molar refractivity (Wildman–Crippen MR) is 129 cm³/mol. The van der Waals surface area contributed by atoms with Gasteiger partial charge in [0.2, 0.25) is 5.91 Å². The number of halogens is 2. The molecule has 1 atom stereocenters. The summed E-state index contributed by atoms with van der Waals surface area (Å²) in [6.07, 6.45) is 0. The Kier molecular flexibility index (Phi) is 8.17. The number of rotatable bonds is 8. The molecule has 0 bridgehead atoms. The molecule has 3 aromatic rings. The van der Waals surface area contributed by atoms with Gasteiger partial charge in [0.15, 0.2) is 11.0 Å². The Hall–Kier alpha value is -2.55. The average Bonchev–Trinajstić information content (AvgIpc) is 3.17. The van der Waals surface area contributed by atoms with Crippen LogP contribution in [0.2, 0.25) is 10.0 Å². The monoisotopic (exact) mass is 491 g/mol. The Morgan fingerprint density at radius 3 is 2.59 bits per heavy atom. The van der Waals surface area contributed by atoms with Crippen molar-refractivity contribution in [3.63, 3.8) is 0 Å². The molecule has 7 nitrogen and oxygen atoms in total. The van der Waals surface area contributed by atoms with Gasteiger partial charge in [0.1, 0.15) is 0 Å². The number of amides is 2. The maximum atomic E-state index is 12.6. The lowest BCUT2D eigenvalue weighted by atomic mass is 10.2. The summed E-state index contributed by atoms with van der Waals surface area (Å²) in [6, 6.07) is 11.9. The molecule has 0 aliphatic heterocycles. The SMILES string of the molecule is CCn1c(SCC(=O)Nc2ccccc2C)nnc1C(C)NC(=O)c1ccc(Cl)cc1Cl. The number of hydrogen-bond acceptors (Lipinski definition) is 5. The van der Waals surface area contributed by atoms with E-state index in [4.69, 9.17) is 23.2 Å². The van der Waals surface area contributed by atoms with E-state index < -0.39 is 6.04 Å². The number of nitrogens with zero attached hydrogens (tertiary/aromatic N) is 3. The molecule has 0 fully saturated rings. The van der Waals surface area contributed by atoms with E-state index in [1.54, 1.807) is 12.1 Å². The topological polar surface area (TPSA) is 88.9 Å². The lowest BCUT2D eigenvalue weighted by molar-refractivity contribution is -0.113. The zero-order valence-electron chi connectivity index (χ0n) is 17.9. The number of carbonyl (C=O) groups excluding carboxylic acids is 2. The molecule has 0 aliphatic rings. The maximum Gasteiger partial charge on any atom is 0.253 e. The highest BCUT2D eigenvalue weighted by atomic mass is 35.5. The lowest BCUT2D eigenvalue weighted by Gasteiger charge is -2.15. The lowest BCUT2D eigenvalue weighted by Crippen LogP contribution is -2.29. The minimum absolute atomic E-state index is 0.129. The van der Waals surface area contributed by atoms with Gasteiger partial charge in [-0.2, -0.15) is 0 Å². The number of nitrogens with one attached hydrogen (secondary N) is 2. The van der Waals surface area contributed by atoms with Gasteiger partial charge in [-0.15, -0.1) is 10.2 Å². The molecule has 0 spiro atoms. The molecule has 10 heteroatoms. The Morgan fingerprint density at radius 2 is 1.91 bits per heavy atom. The molecule has 3 rings (SSSR count). The standard InChI is InChI=1S/C22H23Cl2N5O2S/c1-4-29-20(14(3)25-21(31)16-10-9-15(23)11-17(16)24)27-28-22(29)32-12-19(30)26-18-8-6-5-7-13(18)2/h5-11,14H,4,12H2,1-3H3,(H,25,31)(H,26,30). The summed E-state index contributed by atoms with van der Waals surface area (Å²) in [5, 5.41) is 15.6. The van der Waals surface area contributed by atoms with E-state index >= 15 is 0 Å². The van der Waals surface area contributed by atoms with Crippen LogP contribution in [0.3, 0.4) is 0 Å². The van der Waals surface area contributed by atoms with Crippen LogP contribution in [-0.4, -0.2) is 32.3 Å². The Balaban J connectivity index is 1.65. The van der Waals surface area contributed by atoms with Crippen molar-refractivity contribution in [2.45, 2.75) is 38.5 Å². The number of thioether (sulfide) groups is 1. The smallest absolute Gasteiger partial charge is 0.253 e. The summed E-state index contributed by atoms with van der Waals surface area (Å²) >= 11 is 13.3. The number of para-hydroxylation sites is 1. The van der Waals surface area contributed by atoms with E-state index in [0.717, 1.165) is 11.3 Å². The second-order valence-electron chi connectivity index (χ2n) is 7.06. The minimum Gasteiger partial charge on any atom is -0.342 e. The van der Waals surface area contributed by atoms with E-state index in [0.29, 0.717) is 28.1 Å². The van der Waals surface area contributed by atoms with Gasteiger partial charge in [-0.1, -0.05) is 53.2 Å². The predicted octanol–water partition coefficient (Wildman–Crippen LogP) is 5.14. The number of anilines is 1. The second-order valence-corrected chi connectivity index (χ2v) is 8.84. The summed E-state index contributed by atoms with van der Waals surface area (Å²) in [5.41, 5.74) is 2.11. The second kappa shape index (κ2) is 10.8. The summed E-state index contributed by atoms with van der Waals surface area (Å²) in [5.74, 6) is 0.313. The first-order valence-electron chi connectivity index (χ1n) is 9.97. The number of benzene rings is 2. The van der Waals surface area contributed by atoms with Crippen molar-refractivity contribution in [1.29, 1.82) is 0 Å². The van der Waals surface area contributed by atoms with Gasteiger partial charge in [0, 0.05) is 17.3 Å². The van der Waals surface area contributed by atoms with Gasteiger partial charge >= 0.3 is 0 Å². The number of aryl methyl sites for hydroxylation is 1. The molecule has 2 amide bonds. The Bertz CT molecular complexity index is 1140. The van der Waals surface area contributed by atoms with Gasteiger partial charge in [0.05, 0.1) is 22.4 Å². The third-order valence-corrected chi connectivity index (χ3v) is 6.24. The zero-order valence-corrected chi connectivity index (χ0v) is 20.2. The summed E-state index contributed by atoms with van der Waals surface area (Å²) in [4.78, 5) is 25.0. The molecule has 1 heterocycles. The van der Waals surface area contributed by atoms with Crippen molar-refractivity contribution in [1.82, 2.24) is 20.1 Å². The first kappa shape index (κ1) is 24.1. The summed E-state index contributed by atoms with van der Waals surface area (Å²) in [7, 11) is 0. The molecule has 32 heavy (non-hydrogen) atoms. The molecule has 0 aliphatic carbocycles. The third-order valence-electron chi connectivity index (χ3n) is 4.72. The third kappa shape index (κ3) is 5.82.